The summed E-state index contributed by atoms with van der Waals surface area (Å²) in [5.74, 6) is 0.881. The minimum absolute atomic E-state index is 0.838. The Kier molecular flexibility index (Phi) is 3.24. The lowest BCUT2D eigenvalue weighted by Crippen LogP contribution is -1.97. The van der Waals surface area contributed by atoms with Gasteiger partial charge in [0.05, 0.1) is 19.1 Å². The number of imidazole rings is 1. The van der Waals surface area contributed by atoms with Crippen molar-refractivity contribution in [3.8, 4) is 17.0 Å². The number of hydrogen-bond acceptors (Lipinski definition) is 2. The zero-order chi connectivity index (χ0) is 12.6. The Balaban J connectivity index is 2.75. The molecule has 0 aliphatic rings. The third-order valence-corrected chi connectivity index (χ3v) is 3.37. The maximum Gasteiger partial charge on any atom is 0.132 e. The van der Waals surface area contributed by atoms with E-state index in [2.05, 4.69) is 40.8 Å². The van der Waals surface area contributed by atoms with E-state index in [1.54, 1.807) is 13.4 Å². The SMILES string of the molecule is COc1cc(C)cc(C)c1-c1c(Br)ncn1C. The van der Waals surface area contributed by atoms with Crippen molar-refractivity contribution in [3.63, 3.8) is 0 Å². The molecule has 0 bridgehead atoms. The molecule has 4 heteroatoms. The molecule has 0 spiro atoms. The van der Waals surface area contributed by atoms with Crippen LogP contribution in [-0.2, 0) is 7.05 Å². The van der Waals surface area contributed by atoms with Crippen LogP contribution >= 0.6 is 15.9 Å². The quantitative estimate of drug-likeness (QED) is 0.848. The first kappa shape index (κ1) is 12.2. The Morgan fingerprint density at radius 2 is 2.00 bits per heavy atom. The molecule has 0 aliphatic carbocycles. The first-order chi connectivity index (χ1) is 8.04. The van der Waals surface area contributed by atoms with Gasteiger partial charge >= 0.3 is 0 Å². The van der Waals surface area contributed by atoms with Crippen molar-refractivity contribution in [1.29, 1.82) is 0 Å². The number of benzene rings is 1. The number of halogens is 1. The van der Waals surface area contributed by atoms with E-state index < -0.39 is 0 Å². The van der Waals surface area contributed by atoms with Gasteiger partial charge in [-0.2, -0.15) is 0 Å². The fraction of sp³-hybridized carbons (Fsp3) is 0.308. The normalized spacial score (nSPS) is 10.6. The van der Waals surface area contributed by atoms with E-state index in [-0.39, 0.29) is 0 Å². The highest BCUT2D eigenvalue weighted by Gasteiger charge is 2.16. The molecule has 1 heterocycles. The molecule has 0 fully saturated rings. The average molecular weight is 295 g/mol. The zero-order valence-corrected chi connectivity index (χ0v) is 12.0. The minimum Gasteiger partial charge on any atom is -0.496 e. The molecule has 0 amide bonds. The topological polar surface area (TPSA) is 27.1 Å². The number of methoxy groups -OCH3 is 1. The molecule has 1 aromatic heterocycles. The van der Waals surface area contributed by atoms with Gasteiger partial charge in [0.2, 0.25) is 0 Å². The summed E-state index contributed by atoms with van der Waals surface area (Å²) in [5.41, 5.74) is 4.51. The molecule has 3 nitrogen and oxygen atoms in total. The summed E-state index contributed by atoms with van der Waals surface area (Å²) in [7, 11) is 3.67. The summed E-state index contributed by atoms with van der Waals surface area (Å²) in [5, 5.41) is 0. The third-order valence-electron chi connectivity index (χ3n) is 2.79. The monoisotopic (exact) mass is 294 g/mol. The summed E-state index contributed by atoms with van der Waals surface area (Å²) in [6.07, 6.45) is 1.79. The lowest BCUT2D eigenvalue weighted by atomic mass is 10.0. The summed E-state index contributed by atoms with van der Waals surface area (Å²) in [6, 6.07) is 4.19. The molecule has 2 aromatic rings. The second-order valence-corrected chi connectivity index (χ2v) is 4.91. The summed E-state index contributed by atoms with van der Waals surface area (Å²) < 4.78 is 8.31. The van der Waals surface area contributed by atoms with Crippen molar-refractivity contribution < 1.29 is 4.74 Å². The van der Waals surface area contributed by atoms with Gasteiger partial charge in [0.15, 0.2) is 0 Å². The highest BCUT2D eigenvalue weighted by atomic mass is 79.9. The molecule has 0 aliphatic heterocycles. The first-order valence-corrected chi connectivity index (χ1v) is 6.16. The Morgan fingerprint density at radius 3 is 2.53 bits per heavy atom. The first-order valence-electron chi connectivity index (χ1n) is 5.37. The summed E-state index contributed by atoms with van der Waals surface area (Å²) in [6.45, 7) is 4.15. The number of aromatic nitrogens is 2. The molecular formula is C13H15BrN2O. The number of ether oxygens (including phenoxy) is 1. The summed E-state index contributed by atoms with van der Waals surface area (Å²) in [4.78, 5) is 4.26. The van der Waals surface area contributed by atoms with Crippen LogP contribution in [-0.4, -0.2) is 16.7 Å². The molecule has 0 saturated heterocycles. The van der Waals surface area contributed by atoms with Crippen molar-refractivity contribution in [2.45, 2.75) is 13.8 Å². The van der Waals surface area contributed by atoms with Gasteiger partial charge in [-0.15, -0.1) is 0 Å². The van der Waals surface area contributed by atoms with Gasteiger partial charge in [-0.05, 0) is 47.0 Å². The molecule has 17 heavy (non-hydrogen) atoms. The van der Waals surface area contributed by atoms with Crippen molar-refractivity contribution in [2.75, 3.05) is 7.11 Å². The van der Waals surface area contributed by atoms with Gasteiger partial charge in [0.1, 0.15) is 10.4 Å². The second-order valence-electron chi connectivity index (χ2n) is 4.15. The Morgan fingerprint density at radius 1 is 1.29 bits per heavy atom. The van der Waals surface area contributed by atoms with Crippen LogP contribution in [0.25, 0.3) is 11.3 Å². The Labute approximate surface area is 110 Å². The van der Waals surface area contributed by atoms with Crippen LogP contribution < -0.4 is 4.74 Å². The Hall–Kier alpha value is -1.29. The van der Waals surface area contributed by atoms with E-state index in [0.29, 0.717) is 0 Å². The molecule has 90 valence electrons. The number of aryl methyl sites for hydroxylation is 3. The maximum atomic E-state index is 5.48. The lowest BCUT2D eigenvalue weighted by molar-refractivity contribution is 0.415. The molecular weight excluding hydrogens is 280 g/mol. The van der Waals surface area contributed by atoms with Crippen LogP contribution in [0.2, 0.25) is 0 Å². The fourth-order valence-electron chi connectivity index (χ4n) is 2.07. The van der Waals surface area contributed by atoms with E-state index in [4.69, 9.17) is 4.74 Å². The highest BCUT2D eigenvalue weighted by molar-refractivity contribution is 9.10. The smallest absolute Gasteiger partial charge is 0.132 e. The maximum absolute atomic E-state index is 5.48. The van der Waals surface area contributed by atoms with E-state index >= 15 is 0 Å². The minimum atomic E-state index is 0.838. The van der Waals surface area contributed by atoms with Crippen LogP contribution in [0, 0.1) is 13.8 Å². The second kappa shape index (κ2) is 4.53. The third kappa shape index (κ3) is 2.09. The number of rotatable bonds is 2. The largest absolute Gasteiger partial charge is 0.496 e. The van der Waals surface area contributed by atoms with Crippen molar-refractivity contribution in [3.05, 3.63) is 34.2 Å². The average Bonchev–Trinajstić information content (AvgIpc) is 2.59. The molecule has 0 radical (unpaired) electrons. The van der Waals surface area contributed by atoms with Crippen LogP contribution in [0.1, 0.15) is 11.1 Å². The fourth-order valence-corrected chi connectivity index (χ4v) is 2.64. The molecule has 0 atom stereocenters. The van der Waals surface area contributed by atoms with Crippen LogP contribution in [0.4, 0.5) is 0 Å². The van der Waals surface area contributed by atoms with Crippen molar-refractivity contribution in [1.82, 2.24) is 9.55 Å². The van der Waals surface area contributed by atoms with Crippen molar-refractivity contribution in [2.24, 2.45) is 7.05 Å². The predicted molar refractivity (Wildman–Crippen MR) is 72.4 cm³/mol. The van der Waals surface area contributed by atoms with E-state index in [1.165, 1.54) is 11.1 Å². The zero-order valence-electron chi connectivity index (χ0n) is 10.4. The van der Waals surface area contributed by atoms with Gasteiger partial charge in [0, 0.05) is 12.6 Å². The van der Waals surface area contributed by atoms with E-state index in [1.807, 2.05) is 17.7 Å². The Bertz CT molecular complexity index is 541. The van der Waals surface area contributed by atoms with E-state index in [9.17, 15) is 0 Å². The molecule has 0 N–H and O–H groups in total. The van der Waals surface area contributed by atoms with Gasteiger partial charge < -0.3 is 9.30 Å². The lowest BCUT2D eigenvalue weighted by Gasteiger charge is -2.13. The van der Waals surface area contributed by atoms with Gasteiger partial charge in [-0.25, -0.2) is 4.98 Å². The number of hydrogen-bond donors (Lipinski definition) is 0. The molecule has 0 saturated carbocycles. The van der Waals surface area contributed by atoms with Crippen LogP contribution in [0.15, 0.2) is 23.1 Å². The van der Waals surface area contributed by atoms with Crippen molar-refractivity contribution >= 4 is 15.9 Å². The van der Waals surface area contributed by atoms with Crippen LogP contribution in [0.3, 0.4) is 0 Å². The van der Waals surface area contributed by atoms with Gasteiger partial charge in [-0.3, -0.25) is 0 Å². The van der Waals surface area contributed by atoms with Crippen LogP contribution in [0.5, 0.6) is 5.75 Å². The standard InChI is InChI=1S/C13H15BrN2O/c1-8-5-9(2)11(10(6-8)17-4)12-13(14)15-7-16(12)3/h5-7H,1-4H3. The number of nitrogens with zero attached hydrogens (tertiary/aromatic N) is 2. The summed E-state index contributed by atoms with van der Waals surface area (Å²) >= 11 is 3.48. The predicted octanol–water partition coefficient (Wildman–Crippen LogP) is 3.48. The molecule has 2 rings (SSSR count). The molecule has 1 aromatic carbocycles. The van der Waals surface area contributed by atoms with Gasteiger partial charge in [0.25, 0.3) is 0 Å². The molecule has 0 unspecified atom stereocenters. The van der Waals surface area contributed by atoms with Gasteiger partial charge in [-0.1, -0.05) is 6.07 Å². The van der Waals surface area contributed by atoms with E-state index in [0.717, 1.165) is 21.6 Å². The highest BCUT2D eigenvalue weighted by Crippen LogP contribution is 2.37.